The molecule has 0 heterocycles. The van der Waals surface area contributed by atoms with Crippen LogP contribution in [0.15, 0.2) is 29.4 Å². The maximum atomic E-state index is 11.3. The van der Waals surface area contributed by atoms with Gasteiger partial charge in [0.05, 0.1) is 12.6 Å². The molecule has 0 aliphatic heterocycles. The number of esters is 1. The Bertz CT molecular complexity index is 491. The molecular weight excluding hydrogens is 266 g/mol. The number of carbonyl (C=O) groups is 1. The fourth-order valence-corrected chi connectivity index (χ4v) is 2.13. The molecule has 21 heavy (non-hydrogen) atoms. The lowest BCUT2D eigenvalue weighted by molar-refractivity contribution is -0.143. The first-order valence-corrected chi connectivity index (χ1v) is 7.38. The van der Waals surface area contributed by atoms with Crippen LogP contribution in [0.5, 0.6) is 0 Å². The smallest absolute Gasteiger partial charge is 0.305 e. The van der Waals surface area contributed by atoms with Gasteiger partial charge in [0.1, 0.15) is 0 Å². The van der Waals surface area contributed by atoms with E-state index in [1.807, 2.05) is 12.1 Å². The number of nitrogens with zero attached hydrogens (tertiary/aromatic N) is 3. The topological polar surface area (TPSA) is 75.1 Å². The van der Waals surface area contributed by atoms with Crippen molar-refractivity contribution in [3.05, 3.63) is 45.8 Å². The summed E-state index contributed by atoms with van der Waals surface area (Å²) in [5.41, 5.74) is 10.9. The summed E-state index contributed by atoms with van der Waals surface area (Å²) in [6, 6.07) is 7.89. The van der Waals surface area contributed by atoms with Gasteiger partial charge in [0.2, 0.25) is 0 Å². The largest absolute Gasteiger partial charge is 0.466 e. The number of hydrogen-bond donors (Lipinski definition) is 0. The lowest BCUT2D eigenvalue weighted by atomic mass is 9.97. The van der Waals surface area contributed by atoms with Gasteiger partial charge >= 0.3 is 5.97 Å². The number of carbonyl (C=O) groups excluding carboxylic acids is 1. The Kier molecular flexibility index (Phi) is 7.33. The molecule has 0 N–H and O–H groups in total. The Balaban J connectivity index is 2.64. The SMILES string of the molecule is CCOC(=O)CCCC(N=[N+]=[N-])c1ccc(C(C)C)cc1. The van der Waals surface area contributed by atoms with Crippen molar-refractivity contribution in [1.82, 2.24) is 0 Å². The van der Waals surface area contributed by atoms with Gasteiger partial charge in [-0.2, -0.15) is 0 Å². The maximum Gasteiger partial charge on any atom is 0.305 e. The molecule has 0 aliphatic carbocycles. The summed E-state index contributed by atoms with van der Waals surface area (Å²) in [7, 11) is 0. The predicted octanol–water partition coefficient (Wildman–Crippen LogP) is 4.89. The molecular formula is C16H23N3O2. The van der Waals surface area contributed by atoms with Gasteiger partial charge in [0, 0.05) is 11.3 Å². The first kappa shape index (κ1) is 17.1. The molecule has 1 rings (SSSR count). The van der Waals surface area contributed by atoms with Crippen molar-refractivity contribution in [3.63, 3.8) is 0 Å². The van der Waals surface area contributed by atoms with Crippen LogP contribution in [0, 0.1) is 0 Å². The van der Waals surface area contributed by atoms with Crippen molar-refractivity contribution in [2.75, 3.05) is 6.61 Å². The monoisotopic (exact) mass is 289 g/mol. The van der Waals surface area contributed by atoms with Crippen LogP contribution in [0.2, 0.25) is 0 Å². The molecule has 1 atom stereocenters. The fraction of sp³-hybridized carbons (Fsp3) is 0.562. The Hall–Kier alpha value is -2.00. The van der Waals surface area contributed by atoms with E-state index in [2.05, 4.69) is 36.0 Å². The molecule has 1 unspecified atom stereocenters. The van der Waals surface area contributed by atoms with E-state index in [0.29, 0.717) is 31.8 Å². The van der Waals surface area contributed by atoms with Crippen molar-refractivity contribution in [1.29, 1.82) is 0 Å². The van der Waals surface area contributed by atoms with Crippen LogP contribution < -0.4 is 0 Å². The number of rotatable bonds is 8. The Labute approximate surface area is 125 Å². The molecule has 1 aromatic carbocycles. The molecule has 0 bridgehead atoms. The van der Waals surface area contributed by atoms with Crippen molar-refractivity contribution in [2.24, 2.45) is 5.11 Å². The Morgan fingerprint density at radius 1 is 1.29 bits per heavy atom. The van der Waals surface area contributed by atoms with Crippen LogP contribution in [-0.4, -0.2) is 12.6 Å². The zero-order valence-corrected chi connectivity index (χ0v) is 13.0. The molecule has 0 saturated carbocycles. The van der Waals surface area contributed by atoms with Crippen LogP contribution in [0.3, 0.4) is 0 Å². The van der Waals surface area contributed by atoms with Crippen LogP contribution in [0.4, 0.5) is 0 Å². The second-order valence-corrected chi connectivity index (χ2v) is 5.24. The van der Waals surface area contributed by atoms with Crippen molar-refractivity contribution < 1.29 is 9.53 Å². The summed E-state index contributed by atoms with van der Waals surface area (Å²) >= 11 is 0. The predicted molar refractivity (Wildman–Crippen MR) is 82.9 cm³/mol. The fourth-order valence-electron chi connectivity index (χ4n) is 2.13. The van der Waals surface area contributed by atoms with Crippen LogP contribution in [0.25, 0.3) is 10.4 Å². The number of ether oxygens (including phenoxy) is 1. The summed E-state index contributed by atoms with van der Waals surface area (Å²) < 4.78 is 4.89. The lowest BCUT2D eigenvalue weighted by Gasteiger charge is -2.13. The molecule has 0 aromatic heterocycles. The van der Waals surface area contributed by atoms with Crippen molar-refractivity contribution in [3.8, 4) is 0 Å². The minimum absolute atomic E-state index is 0.202. The van der Waals surface area contributed by atoms with Gasteiger partial charge < -0.3 is 4.74 Å². The standard InChI is InChI=1S/C16H23N3O2/c1-4-21-16(20)7-5-6-15(18-19-17)14-10-8-13(9-11-14)12(2)3/h8-12,15H,4-7H2,1-3H3. The van der Waals surface area contributed by atoms with Crippen LogP contribution in [0.1, 0.15) is 63.1 Å². The molecule has 114 valence electrons. The molecule has 5 nitrogen and oxygen atoms in total. The van der Waals surface area contributed by atoms with E-state index in [1.54, 1.807) is 6.92 Å². The number of benzene rings is 1. The molecule has 0 spiro atoms. The highest BCUT2D eigenvalue weighted by Gasteiger charge is 2.11. The third-order valence-electron chi connectivity index (χ3n) is 3.34. The van der Waals surface area contributed by atoms with E-state index in [1.165, 1.54) is 5.56 Å². The molecule has 0 radical (unpaired) electrons. The van der Waals surface area contributed by atoms with Crippen LogP contribution >= 0.6 is 0 Å². The summed E-state index contributed by atoms with van der Waals surface area (Å²) in [6.45, 7) is 6.46. The van der Waals surface area contributed by atoms with Gasteiger partial charge in [-0.15, -0.1) is 0 Å². The quantitative estimate of drug-likeness (QED) is 0.295. The first-order chi connectivity index (χ1) is 10.1. The highest BCUT2D eigenvalue weighted by molar-refractivity contribution is 5.69. The Morgan fingerprint density at radius 2 is 1.90 bits per heavy atom. The highest BCUT2D eigenvalue weighted by atomic mass is 16.5. The van der Waals surface area contributed by atoms with Gasteiger partial charge in [0.15, 0.2) is 0 Å². The van der Waals surface area contributed by atoms with E-state index in [9.17, 15) is 4.79 Å². The number of hydrogen-bond acceptors (Lipinski definition) is 3. The van der Waals surface area contributed by atoms with Gasteiger partial charge in [-0.1, -0.05) is 43.2 Å². The summed E-state index contributed by atoms with van der Waals surface area (Å²) in [5.74, 6) is 0.271. The van der Waals surface area contributed by atoms with Gasteiger partial charge in [-0.25, -0.2) is 0 Å². The van der Waals surface area contributed by atoms with Crippen LogP contribution in [-0.2, 0) is 9.53 Å². The Morgan fingerprint density at radius 3 is 2.43 bits per heavy atom. The van der Waals surface area contributed by atoms with E-state index >= 15 is 0 Å². The minimum Gasteiger partial charge on any atom is -0.466 e. The molecule has 0 saturated heterocycles. The van der Waals surface area contributed by atoms with E-state index in [-0.39, 0.29) is 12.0 Å². The molecule has 1 aromatic rings. The average Bonchev–Trinajstić information content (AvgIpc) is 2.47. The first-order valence-electron chi connectivity index (χ1n) is 7.38. The second-order valence-electron chi connectivity index (χ2n) is 5.24. The van der Waals surface area contributed by atoms with Gasteiger partial charge in [0.25, 0.3) is 0 Å². The molecule has 0 fully saturated rings. The highest BCUT2D eigenvalue weighted by Crippen LogP contribution is 2.25. The van der Waals surface area contributed by atoms with Gasteiger partial charge in [-0.05, 0) is 42.3 Å². The zero-order chi connectivity index (χ0) is 15.7. The number of azide groups is 1. The molecule has 0 aliphatic rings. The summed E-state index contributed by atoms with van der Waals surface area (Å²) in [4.78, 5) is 14.2. The van der Waals surface area contributed by atoms with E-state index in [0.717, 1.165) is 5.56 Å². The molecule has 5 heteroatoms. The second kappa shape index (κ2) is 9.03. The normalized spacial score (nSPS) is 11.8. The zero-order valence-electron chi connectivity index (χ0n) is 13.0. The van der Waals surface area contributed by atoms with E-state index in [4.69, 9.17) is 10.3 Å². The van der Waals surface area contributed by atoms with Crippen molar-refractivity contribution in [2.45, 2.75) is 52.0 Å². The van der Waals surface area contributed by atoms with Crippen molar-refractivity contribution >= 4 is 5.97 Å². The summed E-state index contributed by atoms with van der Waals surface area (Å²) in [5, 5.41) is 3.84. The summed E-state index contributed by atoms with van der Waals surface area (Å²) in [6.07, 6.45) is 1.65. The average molecular weight is 289 g/mol. The molecule has 0 amide bonds. The maximum absolute atomic E-state index is 11.3. The third-order valence-corrected chi connectivity index (χ3v) is 3.34. The van der Waals surface area contributed by atoms with E-state index < -0.39 is 0 Å². The minimum atomic E-state index is -0.231. The third kappa shape index (κ3) is 5.88. The van der Waals surface area contributed by atoms with Gasteiger partial charge in [-0.3, -0.25) is 4.79 Å². The lowest BCUT2D eigenvalue weighted by Crippen LogP contribution is -2.04.